The number of methoxy groups -OCH3 is 1. The van der Waals surface area contributed by atoms with Gasteiger partial charge in [-0.05, 0) is 50.5 Å². The Balaban J connectivity index is 1.79. The van der Waals surface area contributed by atoms with Gasteiger partial charge in [-0.3, -0.25) is 4.79 Å². The van der Waals surface area contributed by atoms with E-state index in [1.807, 2.05) is 58.4 Å². The summed E-state index contributed by atoms with van der Waals surface area (Å²) >= 11 is 0. The molecule has 232 valence electrons. The van der Waals surface area contributed by atoms with E-state index in [2.05, 4.69) is 5.32 Å². The van der Waals surface area contributed by atoms with Gasteiger partial charge in [0.25, 0.3) is 10.0 Å². The second kappa shape index (κ2) is 11.3. The molecule has 0 saturated heterocycles. The molecule has 0 aliphatic carbocycles. The van der Waals surface area contributed by atoms with Crippen LogP contribution in [0.2, 0.25) is 0 Å². The average Bonchev–Trinajstić information content (AvgIpc) is 3.55. The molecule has 0 spiro atoms. The van der Waals surface area contributed by atoms with Crippen molar-refractivity contribution in [3.05, 3.63) is 72.1 Å². The summed E-state index contributed by atoms with van der Waals surface area (Å²) in [6.07, 6.45) is 3.14. The van der Waals surface area contributed by atoms with Gasteiger partial charge in [0.1, 0.15) is 22.8 Å². The Labute approximate surface area is 254 Å². The van der Waals surface area contributed by atoms with Gasteiger partial charge in [-0.15, -0.1) is 0 Å². The van der Waals surface area contributed by atoms with E-state index in [9.17, 15) is 17.6 Å². The molecule has 0 saturated carbocycles. The summed E-state index contributed by atoms with van der Waals surface area (Å²) in [4.78, 5) is 21.8. The number of carbonyl (C=O) groups excluding carboxylic acids is 1. The smallest absolute Gasteiger partial charge is 0.307 e. The van der Waals surface area contributed by atoms with Crippen molar-refractivity contribution >= 4 is 43.7 Å². The molecule has 1 N–H and O–H groups in total. The van der Waals surface area contributed by atoms with E-state index in [0.29, 0.717) is 22.9 Å². The molecule has 44 heavy (non-hydrogen) atoms. The van der Waals surface area contributed by atoms with Gasteiger partial charge in [0.2, 0.25) is 0 Å². The van der Waals surface area contributed by atoms with Gasteiger partial charge >= 0.3 is 5.97 Å². The second-order valence-corrected chi connectivity index (χ2v) is 14.0. The summed E-state index contributed by atoms with van der Waals surface area (Å²) in [5.74, 6) is -1.89. The summed E-state index contributed by atoms with van der Waals surface area (Å²) in [5, 5.41) is 4.05. The molecule has 12 heteroatoms. The third-order valence-electron chi connectivity index (χ3n) is 7.69. The number of nitrogens with zero attached hydrogens (tertiary/aromatic N) is 4. The molecule has 0 amide bonds. The van der Waals surface area contributed by atoms with Crippen molar-refractivity contribution in [1.82, 2.24) is 18.5 Å². The van der Waals surface area contributed by atoms with Crippen molar-refractivity contribution in [2.75, 3.05) is 12.4 Å². The summed E-state index contributed by atoms with van der Waals surface area (Å²) in [5.41, 5.74) is 0.771. The van der Waals surface area contributed by atoms with Gasteiger partial charge in [0, 0.05) is 41.5 Å². The number of fused-ring (bicyclic) bond motifs is 2. The van der Waals surface area contributed by atoms with Crippen molar-refractivity contribution in [2.45, 2.75) is 64.9 Å². The van der Waals surface area contributed by atoms with Crippen molar-refractivity contribution in [2.24, 2.45) is 5.41 Å². The quantitative estimate of drug-likeness (QED) is 0.188. The number of ether oxygens (including phenoxy) is 1. The minimum atomic E-state index is -4.30. The largest absolute Gasteiger partial charge is 0.469 e. The van der Waals surface area contributed by atoms with Crippen molar-refractivity contribution in [3.8, 4) is 11.4 Å². The van der Waals surface area contributed by atoms with Gasteiger partial charge < -0.3 is 14.6 Å². The van der Waals surface area contributed by atoms with Crippen LogP contribution in [0, 0.1) is 24.0 Å². The Morgan fingerprint density at radius 3 is 2.34 bits per heavy atom. The molecule has 2 aromatic carbocycles. The number of anilines is 1. The fourth-order valence-electron chi connectivity index (χ4n) is 5.11. The highest BCUT2D eigenvalue weighted by molar-refractivity contribution is 7.90. The zero-order valence-corrected chi connectivity index (χ0v) is 26.5. The second-order valence-electron chi connectivity index (χ2n) is 12.2. The first-order valence-electron chi connectivity index (χ1n) is 14.2. The topological polar surface area (TPSA) is 108 Å². The number of aryl methyl sites for hydroxylation is 1. The van der Waals surface area contributed by atoms with Crippen LogP contribution >= 0.6 is 0 Å². The van der Waals surface area contributed by atoms with Crippen LogP contribution in [-0.2, 0) is 19.6 Å². The number of carbonyl (C=O) groups is 1. The molecule has 0 unspecified atom stereocenters. The van der Waals surface area contributed by atoms with E-state index in [-0.39, 0.29) is 39.6 Å². The molecule has 9 nitrogen and oxygen atoms in total. The SMILES string of the molecule is COC(=O)C[C@@H](Nc1nc(-c2cn(S(=O)(=O)c3ccc(C)cc3)c3c(F)cc(F)cc23)nc2c1ccn2C(C)C)C(C)(C)C. The first kappa shape index (κ1) is 31.1. The van der Waals surface area contributed by atoms with Crippen LogP contribution in [0.25, 0.3) is 33.3 Å². The number of hydrogen-bond acceptors (Lipinski definition) is 7. The number of benzene rings is 2. The molecule has 0 aliphatic heterocycles. The molecular formula is C32H35F2N5O4S. The van der Waals surface area contributed by atoms with Gasteiger partial charge in [-0.2, -0.15) is 0 Å². The molecule has 5 rings (SSSR count). The van der Waals surface area contributed by atoms with E-state index in [1.54, 1.807) is 12.1 Å². The minimum absolute atomic E-state index is 0.00488. The van der Waals surface area contributed by atoms with Gasteiger partial charge in [-0.1, -0.05) is 38.5 Å². The molecule has 0 radical (unpaired) electrons. The van der Waals surface area contributed by atoms with Gasteiger partial charge in [0.15, 0.2) is 11.6 Å². The molecule has 5 aromatic rings. The number of esters is 1. The Bertz CT molecular complexity index is 1990. The van der Waals surface area contributed by atoms with E-state index >= 15 is 4.39 Å². The van der Waals surface area contributed by atoms with Crippen LogP contribution in [0.15, 0.2) is 59.8 Å². The molecule has 3 aromatic heterocycles. The molecule has 0 aliphatic rings. The molecule has 0 bridgehead atoms. The fraction of sp³-hybridized carbons (Fsp3) is 0.344. The number of hydrogen-bond donors (Lipinski definition) is 1. The lowest BCUT2D eigenvalue weighted by atomic mass is 9.84. The maximum Gasteiger partial charge on any atom is 0.307 e. The zero-order chi connectivity index (χ0) is 32.1. The Hall–Kier alpha value is -4.32. The van der Waals surface area contributed by atoms with Gasteiger partial charge in [0.05, 0.1) is 23.8 Å². The standard InChI is InChI=1S/C32H35F2N5O4S/c1-18(2)38-13-12-22-29(35-26(32(4,5)6)16-27(40)43-7)36-30(37-31(22)38)24-17-39(28-23(24)14-20(33)15-25(28)34)44(41,42)21-10-8-19(3)9-11-21/h8-15,17-18,26H,16H2,1-7H3,(H,35,36,37)/t26-/m1/s1. The van der Waals surface area contributed by atoms with Crippen LogP contribution in [0.4, 0.5) is 14.6 Å². The summed E-state index contributed by atoms with van der Waals surface area (Å²) in [7, 11) is -2.97. The molecular weight excluding hydrogens is 588 g/mol. The highest BCUT2D eigenvalue weighted by Crippen LogP contribution is 2.37. The van der Waals surface area contributed by atoms with Gasteiger partial charge in [-0.25, -0.2) is 31.1 Å². The Morgan fingerprint density at radius 1 is 1.05 bits per heavy atom. The predicted molar refractivity (Wildman–Crippen MR) is 166 cm³/mol. The van der Waals surface area contributed by atoms with E-state index in [0.717, 1.165) is 15.6 Å². The third kappa shape index (κ3) is 5.66. The van der Waals surface area contributed by atoms with Crippen LogP contribution in [0.1, 0.15) is 52.6 Å². The maximum absolute atomic E-state index is 15.4. The van der Waals surface area contributed by atoms with Crippen molar-refractivity contribution in [3.63, 3.8) is 0 Å². The van der Waals surface area contributed by atoms with Crippen LogP contribution in [0.3, 0.4) is 0 Å². The summed E-state index contributed by atoms with van der Waals surface area (Å²) in [6.45, 7) is 11.7. The van der Waals surface area contributed by atoms with Crippen molar-refractivity contribution in [1.29, 1.82) is 0 Å². The zero-order valence-electron chi connectivity index (χ0n) is 25.6. The monoisotopic (exact) mass is 623 g/mol. The number of rotatable bonds is 8. The fourth-order valence-corrected chi connectivity index (χ4v) is 6.48. The number of halogens is 2. The first-order chi connectivity index (χ1) is 20.6. The highest BCUT2D eigenvalue weighted by Gasteiger charge is 2.30. The lowest BCUT2D eigenvalue weighted by Crippen LogP contribution is -2.36. The average molecular weight is 624 g/mol. The molecule has 3 heterocycles. The lowest BCUT2D eigenvalue weighted by molar-refractivity contribution is -0.141. The summed E-state index contributed by atoms with van der Waals surface area (Å²) in [6, 6.07) is 9.31. The number of nitrogens with one attached hydrogen (secondary N) is 1. The van der Waals surface area contributed by atoms with E-state index in [4.69, 9.17) is 14.7 Å². The van der Waals surface area contributed by atoms with Crippen molar-refractivity contribution < 1.29 is 26.7 Å². The summed E-state index contributed by atoms with van der Waals surface area (Å²) < 4.78 is 65.4. The number of aromatic nitrogens is 4. The minimum Gasteiger partial charge on any atom is -0.469 e. The van der Waals surface area contributed by atoms with Crippen LogP contribution in [-0.4, -0.2) is 46.0 Å². The Morgan fingerprint density at radius 2 is 1.73 bits per heavy atom. The molecule has 0 fully saturated rings. The van der Waals surface area contributed by atoms with E-state index < -0.39 is 39.1 Å². The normalized spacial score (nSPS) is 13.1. The molecule has 1 atom stereocenters. The van der Waals surface area contributed by atoms with E-state index in [1.165, 1.54) is 25.4 Å². The first-order valence-corrected chi connectivity index (χ1v) is 15.6. The van der Waals surface area contributed by atoms with Crippen LogP contribution in [0.5, 0.6) is 0 Å². The third-order valence-corrected chi connectivity index (χ3v) is 9.36. The Kier molecular flexibility index (Phi) is 8.00. The predicted octanol–water partition coefficient (Wildman–Crippen LogP) is 6.85. The lowest BCUT2D eigenvalue weighted by Gasteiger charge is -2.31. The maximum atomic E-state index is 15.4. The highest BCUT2D eigenvalue weighted by atomic mass is 32.2. The van der Waals surface area contributed by atoms with Crippen LogP contribution < -0.4 is 5.32 Å².